The van der Waals surface area contributed by atoms with E-state index in [0.717, 1.165) is 25.8 Å². The Bertz CT molecular complexity index is 569. The Labute approximate surface area is 137 Å². The van der Waals surface area contributed by atoms with Gasteiger partial charge in [-0.2, -0.15) is 0 Å². The number of nitrogens with one attached hydrogen (secondary N) is 1. The van der Waals surface area contributed by atoms with Crippen LogP contribution in [0.1, 0.15) is 23.4 Å². The minimum atomic E-state index is -0.260. The molecule has 1 nitrogen and oxygen atoms in total. The van der Waals surface area contributed by atoms with Crippen LogP contribution in [0.25, 0.3) is 0 Å². The van der Waals surface area contributed by atoms with E-state index in [2.05, 4.69) is 37.2 Å². The predicted octanol–water partition coefficient (Wildman–Crippen LogP) is 5.76. The summed E-state index contributed by atoms with van der Waals surface area (Å²) in [6, 6.07) is 7.06. The summed E-state index contributed by atoms with van der Waals surface area (Å²) in [7, 11) is 0. The molecule has 1 aromatic heterocycles. The molecule has 0 aliphatic carbocycles. The quantitative estimate of drug-likeness (QED) is 0.654. The second-order valence-electron chi connectivity index (χ2n) is 3.93. The molecule has 0 amide bonds. The predicted molar refractivity (Wildman–Crippen MR) is 86.6 cm³/mol. The first-order chi connectivity index (χ1) is 9.02. The molecule has 0 spiro atoms. The molecule has 0 aliphatic rings. The highest BCUT2D eigenvalue weighted by atomic mass is 79.9. The highest BCUT2D eigenvalue weighted by Gasteiger charge is 2.18. The van der Waals surface area contributed by atoms with Crippen molar-refractivity contribution in [3.05, 3.63) is 53.8 Å². The van der Waals surface area contributed by atoms with Crippen molar-refractivity contribution < 1.29 is 4.39 Å². The fourth-order valence-electron chi connectivity index (χ4n) is 1.78. The third-order valence-corrected chi connectivity index (χ3v) is 5.78. The molecular weight excluding hydrogens is 416 g/mol. The Balaban J connectivity index is 2.41. The van der Waals surface area contributed by atoms with Crippen molar-refractivity contribution in [2.45, 2.75) is 13.0 Å². The molecule has 0 saturated heterocycles. The number of hydrogen-bond donors (Lipinski definition) is 1. The van der Waals surface area contributed by atoms with E-state index >= 15 is 0 Å². The van der Waals surface area contributed by atoms with Crippen molar-refractivity contribution in [3.63, 3.8) is 0 Å². The molecule has 1 aromatic carbocycles. The van der Waals surface area contributed by atoms with Gasteiger partial charge in [0.25, 0.3) is 0 Å². The minimum absolute atomic E-state index is 0.00991. The summed E-state index contributed by atoms with van der Waals surface area (Å²) < 4.78 is 15.4. The van der Waals surface area contributed by atoms with E-state index in [9.17, 15) is 4.39 Å². The first-order valence-corrected chi connectivity index (χ1v) is 8.44. The average molecular weight is 428 g/mol. The Hall–Kier alpha value is 0.0600. The minimum Gasteiger partial charge on any atom is -0.306 e. The zero-order valence-corrected chi connectivity index (χ0v) is 14.8. The summed E-state index contributed by atoms with van der Waals surface area (Å²) in [5, 5.41) is 3.39. The molecule has 102 valence electrons. The molecule has 1 unspecified atom stereocenters. The monoisotopic (exact) mass is 425 g/mol. The van der Waals surface area contributed by atoms with E-state index in [4.69, 9.17) is 11.6 Å². The SMILES string of the molecule is CCNC(c1ccc(F)c(Br)c1)c1cc(Br)c(Cl)s1. The molecule has 1 heterocycles. The maximum atomic E-state index is 13.3. The van der Waals surface area contributed by atoms with E-state index in [0.29, 0.717) is 4.47 Å². The zero-order chi connectivity index (χ0) is 14.0. The third-order valence-electron chi connectivity index (χ3n) is 2.63. The molecule has 6 heteroatoms. The molecule has 19 heavy (non-hydrogen) atoms. The molecule has 0 aliphatic heterocycles. The van der Waals surface area contributed by atoms with Crippen LogP contribution in [0.3, 0.4) is 0 Å². The van der Waals surface area contributed by atoms with Gasteiger partial charge >= 0.3 is 0 Å². The molecule has 0 fully saturated rings. The Kier molecular flexibility index (Phi) is 5.43. The Morgan fingerprint density at radius 1 is 1.32 bits per heavy atom. The van der Waals surface area contributed by atoms with Crippen molar-refractivity contribution in [3.8, 4) is 0 Å². The number of rotatable bonds is 4. The zero-order valence-electron chi connectivity index (χ0n) is 10.0. The van der Waals surface area contributed by atoms with Crippen LogP contribution in [0.4, 0.5) is 4.39 Å². The summed E-state index contributed by atoms with van der Waals surface area (Å²) in [4.78, 5) is 1.09. The van der Waals surface area contributed by atoms with Crippen molar-refractivity contribution in [2.75, 3.05) is 6.54 Å². The van der Waals surface area contributed by atoms with Gasteiger partial charge in [0, 0.05) is 9.35 Å². The number of benzene rings is 1. The van der Waals surface area contributed by atoms with E-state index in [1.807, 2.05) is 13.0 Å². The molecular formula is C13H11Br2ClFNS. The van der Waals surface area contributed by atoms with Crippen LogP contribution in [0, 0.1) is 5.82 Å². The second kappa shape index (κ2) is 6.68. The lowest BCUT2D eigenvalue weighted by Crippen LogP contribution is -2.21. The maximum Gasteiger partial charge on any atom is 0.137 e. The van der Waals surface area contributed by atoms with Crippen LogP contribution in [0.5, 0.6) is 0 Å². The van der Waals surface area contributed by atoms with Gasteiger partial charge in [-0.15, -0.1) is 11.3 Å². The van der Waals surface area contributed by atoms with Gasteiger partial charge in [-0.1, -0.05) is 24.6 Å². The van der Waals surface area contributed by atoms with Crippen LogP contribution in [0.15, 0.2) is 33.2 Å². The fourth-order valence-corrected chi connectivity index (χ4v) is 4.02. The second-order valence-corrected chi connectivity index (χ2v) is 7.33. The smallest absolute Gasteiger partial charge is 0.137 e. The summed E-state index contributed by atoms with van der Waals surface area (Å²) in [5.74, 6) is -0.260. The lowest BCUT2D eigenvalue weighted by Gasteiger charge is -2.17. The van der Waals surface area contributed by atoms with E-state index in [-0.39, 0.29) is 11.9 Å². The Morgan fingerprint density at radius 3 is 2.58 bits per heavy atom. The van der Waals surface area contributed by atoms with E-state index < -0.39 is 0 Å². The highest BCUT2D eigenvalue weighted by molar-refractivity contribution is 9.10. The molecule has 0 radical (unpaired) electrons. The highest BCUT2D eigenvalue weighted by Crippen LogP contribution is 2.37. The van der Waals surface area contributed by atoms with Crippen LogP contribution >= 0.6 is 54.8 Å². The number of hydrogen-bond acceptors (Lipinski definition) is 2. The van der Waals surface area contributed by atoms with Gasteiger partial charge in [-0.3, -0.25) is 0 Å². The first-order valence-electron chi connectivity index (χ1n) is 5.66. The van der Waals surface area contributed by atoms with Crippen molar-refractivity contribution in [1.82, 2.24) is 5.32 Å². The summed E-state index contributed by atoms with van der Waals surface area (Å²) in [6.45, 7) is 2.85. The maximum absolute atomic E-state index is 13.3. The normalized spacial score (nSPS) is 12.7. The van der Waals surface area contributed by atoms with Crippen molar-refractivity contribution in [2.24, 2.45) is 0 Å². The third kappa shape index (κ3) is 3.58. The summed E-state index contributed by atoms with van der Waals surface area (Å²) in [5.41, 5.74) is 1.00. The molecule has 1 atom stereocenters. The van der Waals surface area contributed by atoms with Crippen LogP contribution < -0.4 is 5.32 Å². The van der Waals surface area contributed by atoms with Gasteiger partial charge in [0.15, 0.2) is 0 Å². The molecule has 0 saturated carbocycles. The van der Waals surface area contributed by atoms with Crippen molar-refractivity contribution >= 4 is 54.8 Å². The van der Waals surface area contributed by atoms with Crippen LogP contribution in [0.2, 0.25) is 4.34 Å². The lowest BCUT2D eigenvalue weighted by molar-refractivity contribution is 0.611. The fraction of sp³-hybridized carbons (Fsp3) is 0.231. The first kappa shape index (κ1) is 15.4. The van der Waals surface area contributed by atoms with Gasteiger partial charge in [-0.25, -0.2) is 4.39 Å². The molecule has 1 N–H and O–H groups in total. The topological polar surface area (TPSA) is 12.0 Å². The van der Waals surface area contributed by atoms with Crippen molar-refractivity contribution in [1.29, 1.82) is 0 Å². The van der Waals surface area contributed by atoms with E-state index in [1.165, 1.54) is 17.4 Å². The van der Waals surface area contributed by atoms with Gasteiger partial charge in [-0.05, 0) is 62.2 Å². The van der Waals surface area contributed by atoms with Gasteiger partial charge < -0.3 is 5.32 Å². The van der Waals surface area contributed by atoms with Crippen LogP contribution in [-0.4, -0.2) is 6.54 Å². The summed E-state index contributed by atoms with van der Waals surface area (Å²) in [6.07, 6.45) is 0. The molecule has 0 bridgehead atoms. The van der Waals surface area contributed by atoms with Gasteiger partial charge in [0.05, 0.1) is 10.5 Å². The molecule has 2 rings (SSSR count). The molecule has 2 aromatic rings. The number of halogens is 4. The van der Waals surface area contributed by atoms with Crippen LogP contribution in [-0.2, 0) is 0 Å². The Morgan fingerprint density at radius 2 is 2.05 bits per heavy atom. The standard InChI is InChI=1S/C13H11Br2ClFNS/c1-2-18-12(11-6-9(15)13(16)19-11)7-3-4-10(17)8(14)5-7/h3-6,12,18H,2H2,1H3. The average Bonchev–Trinajstić information content (AvgIpc) is 2.70. The van der Waals surface area contributed by atoms with Gasteiger partial charge in [0.2, 0.25) is 0 Å². The largest absolute Gasteiger partial charge is 0.306 e. The van der Waals surface area contributed by atoms with E-state index in [1.54, 1.807) is 12.1 Å². The summed E-state index contributed by atoms with van der Waals surface area (Å²) >= 11 is 14.2. The lowest BCUT2D eigenvalue weighted by atomic mass is 10.1. The number of thiophene rings is 1. The van der Waals surface area contributed by atoms with Gasteiger partial charge in [0.1, 0.15) is 10.2 Å².